The molecular weight excluding hydrogens is 357 g/mol. The number of allylic oxidation sites excluding steroid dienone is 1. The number of fused-ring (bicyclic) bond motifs is 1. The number of halogens is 1. The van der Waals surface area contributed by atoms with E-state index in [-0.39, 0.29) is 29.6 Å². The Bertz CT molecular complexity index is 872. The third-order valence-corrected chi connectivity index (χ3v) is 5.78. The summed E-state index contributed by atoms with van der Waals surface area (Å²) >= 11 is 0. The van der Waals surface area contributed by atoms with Crippen molar-refractivity contribution in [1.29, 1.82) is 0 Å². The third-order valence-electron chi connectivity index (χ3n) is 5.78. The number of carbonyl (C=O) groups is 2. The summed E-state index contributed by atoms with van der Waals surface area (Å²) in [7, 11) is 0. The van der Waals surface area contributed by atoms with E-state index in [1.54, 1.807) is 18.5 Å². The largest absolute Gasteiger partial charge is 0.352 e. The lowest BCUT2D eigenvalue weighted by Crippen LogP contribution is -2.57. The van der Waals surface area contributed by atoms with Crippen molar-refractivity contribution < 1.29 is 14.0 Å². The molecule has 2 aliphatic rings. The fourth-order valence-corrected chi connectivity index (χ4v) is 4.51. The van der Waals surface area contributed by atoms with Crippen LogP contribution < -0.4 is 5.32 Å². The SMILES string of the molecule is O=C(/C=C/c1cncnc1)C1C(=O)NC2CCC(F)CC2C1c1ccccc1. The van der Waals surface area contributed by atoms with Crippen LogP contribution in [0.4, 0.5) is 4.39 Å². The van der Waals surface area contributed by atoms with Gasteiger partial charge < -0.3 is 5.32 Å². The molecule has 5 nitrogen and oxygen atoms in total. The number of hydrogen-bond acceptors (Lipinski definition) is 4. The van der Waals surface area contributed by atoms with Gasteiger partial charge in [-0.2, -0.15) is 0 Å². The van der Waals surface area contributed by atoms with E-state index >= 15 is 0 Å². The van der Waals surface area contributed by atoms with Crippen molar-refractivity contribution in [2.24, 2.45) is 11.8 Å². The zero-order chi connectivity index (χ0) is 19.5. The average Bonchev–Trinajstić information content (AvgIpc) is 2.73. The van der Waals surface area contributed by atoms with Crippen molar-refractivity contribution in [2.45, 2.75) is 37.4 Å². The van der Waals surface area contributed by atoms with Gasteiger partial charge in [0.15, 0.2) is 5.78 Å². The van der Waals surface area contributed by atoms with Gasteiger partial charge in [-0.1, -0.05) is 30.3 Å². The van der Waals surface area contributed by atoms with Gasteiger partial charge in [-0.25, -0.2) is 14.4 Å². The molecule has 0 bridgehead atoms. The molecule has 2 aromatic rings. The summed E-state index contributed by atoms with van der Waals surface area (Å²) in [6.07, 6.45) is 8.16. The summed E-state index contributed by atoms with van der Waals surface area (Å²) in [5, 5.41) is 2.98. The van der Waals surface area contributed by atoms with Crippen LogP contribution in [0.25, 0.3) is 6.08 Å². The number of benzene rings is 1. The Kier molecular flexibility index (Phi) is 5.28. The second kappa shape index (κ2) is 8.00. The van der Waals surface area contributed by atoms with Crippen LogP contribution in [-0.4, -0.2) is 33.9 Å². The fourth-order valence-electron chi connectivity index (χ4n) is 4.51. The van der Waals surface area contributed by atoms with E-state index in [4.69, 9.17) is 0 Å². The first-order valence-electron chi connectivity index (χ1n) is 9.60. The summed E-state index contributed by atoms with van der Waals surface area (Å²) in [4.78, 5) is 33.8. The lowest BCUT2D eigenvalue weighted by Gasteiger charge is -2.45. The number of amides is 1. The maximum atomic E-state index is 14.2. The number of ketones is 1. The van der Waals surface area contributed by atoms with Gasteiger partial charge in [-0.15, -0.1) is 0 Å². The maximum Gasteiger partial charge on any atom is 0.231 e. The Balaban J connectivity index is 1.67. The Morgan fingerprint density at radius 2 is 1.89 bits per heavy atom. The Hall–Kier alpha value is -2.89. The van der Waals surface area contributed by atoms with Gasteiger partial charge in [0.2, 0.25) is 5.91 Å². The van der Waals surface area contributed by atoms with E-state index in [9.17, 15) is 14.0 Å². The van der Waals surface area contributed by atoms with Crippen molar-refractivity contribution in [1.82, 2.24) is 15.3 Å². The van der Waals surface area contributed by atoms with Crippen LogP contribution in [0.15, 0.2) is 55.1 Å². The molecule has 1 N–H and O–H groups in total. The van der Waals surface area contributed by atoms with Crippen LogP contribution >= 0.6 is 0 Å². The molecule has 1 aliphatic heterocycles. The minimum atomic E-state index is -0.893. The van der Waals surface area contributed by atoms with E-state index in [1.807, 2.05) is 30.3 Å². The summed E-state index contributed by atoms with van der Waals surface area (Å²) in [5.41, 5.74) is 1.60. The molecule has 6 heteroatoms. The van der Waals surface area contributed by atoms with Crippen LogP contribution in [0.5, 0.6) is 0 Å². The molecular formula is C22H22FN3O2. The van der Waals surface area contributed by atoms with Crippen molar-refractivity contribution in [3.05, 3.63) is 66.3 Å². The summed E-state index contributed by atoms with van der Waals surface area (Å²) < 4.78 is 14.2. The molecule has 28 heavy (non-hydrogen) atoms. The second-order valence-electron chi connectivity index (χ2n) is 7.51. The van der Waals surface area contributed by atoms with Gasteiger partial charge in [-0.05, 0) is 42.9 Å². The zero-order valence-electron chi connectivity index (χ0n) is 15.4. The molecule has 2 fully saturated rings. The van der Waals surface area contributed by atoms with Crippen LogP contribution in [0.3, 0.4) is 0 Å². The standard InChI is InChI=1S/C22H22FN3O2/c23-16-7-8-18-17(10-16)20(15-4-2-1-3-5-15)21(22(28)26-18)19(27)9-6-14-11-24-13-25-12-14/h1-6,9,11-13,16-18,20-21H,7-8,10H2,(H,26,28)/b9-6+. The number of nitrogens with zero attached hydrogens (tertiary/aromatic N) is 2. The number of piperidine rings is 1. The van der Waals surface area contributed by atoms with Gasteiger partial charge in [0.05, 0.1) is 0 Å². The predicted octanol–water partition coefficient (Wildman–Crippen LogP) is 3.10. The summed E-state index contributed by atoms with van der Waals surface area (Å²) in [5.74, 6) is -1.84. The zero-order valence-corrected chi connectivity index (χ0v) is 15.4. The van der Waals surface area contributed by atoms with Crippen LogP contribution in [0, 0.1) is 11.8 Å². The topological polar surface area (TPSA) is 72.0 Å². The first-order valence-corrected chi connectivity index (χ1v) is 9.60. The molecule has 1 aliphatic carbocycles. The van der Waals surface area contributed by atoms with Crippen molar-refractivity contribution in [2.75, 3.05) is 0 Å². The highest BCUT2D eigenvalue weighted by molar-refractivity contribution is 6.09. The molecule has 1 aromatic carbocycles. The normalized spacial score (nSPS) is 29.9. The minimum absolute atomic E-state index is 0.0831. The minimum Gasteiger partial charge on any atom is -0.352 e. The van der Waals surface area contributed by atoms with E-state index in [2.05, 4.69) is 15.3 Å². The van der Waals surface area contributed by atoms with E-state index in [0.29, 0.717) is 24.8 Å². The number of carbonyl (C=O) groups excluding carboxylic acids is 2. The molecule has 1 saturated carbocycles. The number of aromatic nitrogens is 2. The van der Waals surface area contributed by atoms with Crippen LogP contribution in [0.2, 0.25) is 0 Å². The molecule has 4 rings (SSSR count). The summed E-state index contributed by atoms with van der Waals surface area (Å²) in [6.45, 7) is 0. The number of rotatable bonds is 4. The quantitative estimate of drug-likeness (QED) is 0.655. The molecule has 1 amide bonds. The maximum absolute atomic E-state index is 14.2. The average molecular weight is 379 g/mol. The lowest BCUT2D eigenvalue weighted by atomic mass is 9.64. The van der Waals surface area contributed by atoms with Gasteiger partial charge in [0.25, 0.3) is 0 Å². The molecule has 0 radical (unpaired) electrons. The molecule has 0 spiro atoms. The first-order chi connectivity index (χ1) is 13.6. The number of hydrogen-bond donors (Lipinski definition) is 1. The fraction of sp³-hybridized carbons (Fsp3) is 0.364. The smallest absolute Gasteiger partial charge is 0.231 e. The van der Waals surface area contributed by atoms with Gasteiger partial charge in [-0.3, -0.25) is 9.59 Å². The first kappa shape index (κ1) is 18.5. The highest BCUT2D eigenvalue weighted by atomic mass is 19.1. The summed E-state index contributed by atoms with van der Waals surface area (Å²) in [6, 6.07) is 9.46. The third kappa shape index (κ3) is 3.72. The van der Waals surface area contributed by atoms with Crippen LogP contribution in [0.1, 0.15) is 36.3 Å². The predicted molar refractivity (Wildman–Crippen MR) is 103 cm³/mol. The van der Waals surface area contributed by atoms with Crippen LogP contribution in [-0.2, 0) is 9.59 Å². The second-order valence-corrected chi connectivity index (χ2v) is 7.51. The Morgan fingerprint density at radius 3 is 2.64 bits per heavy atom. The van der Waals surface area contributed by atoms with E-state index in [0.717, 1.165) is 5.56 Å². The van der Waals surface area contributed by atoms with Crippen molar-refractivity contribution in [3.63, 3.8) is 0 Å². The molecule has 2 heterocycles. The number of alkyl halides is 1. The van der Waals surface area contributed by atoms with Crippen molar-refractivity contribution in [3.8, 4) is 0 Å². The van der Waals surface area contributed by atoms with Gasteiger partial charge in [0.1, 0.15) is 18.4 Å². The molecule has 5 atom stereocenters. The Morgan fingerprint density at radius 1 is 1.14 bits per heavy atom. The van der Waals surface area contributed by atoms with E-state index in [1.165, 1.54) is 12.4 Å². The van der Waals surface area contributed by atoms with E-state index < -0.39 is 12.1 Å². The van der Waals surface area contributed by atoms with Gasteiger partial charge >= 0.3 is 0 Å². The number of nitrogens with one attached hydrogen (secondary N) is 1. The highest BCUT2D eigenvalue weighted by Crippen LogP contribution is 2.45. The molecule has 144 valence electrons. The van der Waals surface area contributed by atoms with Gasteiger partial charge in [0, 0.05) is 29.9 Å². The highest BCUT2D eigenvalue weighted by Gasteiger charge is 2.49. The monoisotopic (exact) mass is 379 g/mol. The Labute approximate surface area is 163 Å². The lowest BCUT2D eigenvalue weighted by molar-refractivity contribution is -0.138. The molecule has 1 aromatic heterocycles. The molecule has 5 unspecified atom stereocenters. The molecule has 1 saturated heterocycles. The van der Waals surface area contributed by atoms with Crippen molar-refractivity contribution >= 4 is 17.8 Å².